The second kappa shape index (κ2) is 6.98. The zero-order chi connectivity index (χ0) is 15.4. The van der Waals surface area contributed by atoms with Crippen molar-refractivity contribution in [2.24, 2.45) is 0 Å². The fourth-order valence-corrected chi connectivity index (χ4v) is 2.37. The van der Waals surface area contributed by atoms with E-state index in [0.29, 0.717) is 15.9 Å². The van der Waals surface area contributed by atoms with Gasteiger partial charge >= 0.3 is 0 Å². The van der Waals surface area contributed by atoms with E-state index in [1.54, 1.807) is 19.2 Å². The van der Waals surface area contributed by atoms with Gasteiger partial charge < -0.3 is 15.4 Å². The standard InChI is InChI=1S/C15H14Cl2N2OS/c1-9-7-10(3-5-12(9)16)18-15(21)19-11-4-6-14(20-2)13(17)8-11/h3-8H,1-2H3,(H2,18,19,21). The first-order valence-electron chi connectivity index (χ1n) is 6.17. The lowest BCUT2D eigenvalue weighted by Gasteiger charge is -2.12. The van der Waals surface area contributed by atoms with Crippen LogP contribution in [0.15, 0.2) is 36.4 Å². The zero-order valence-electron chi connectivity index (χ0n) is 11.5. The Balaban J connectivity index is 2.04. The number of rotatable bonds is 3. The lowest BCUT2D eigenvalue weighted by Crippen LogP contribution is -2.19. The van der Waals surface area contributed by atoms with Crippen LogP contribution in [0.2, 0.25) is 10.0 Å². The first-order chi connectivity index (χ1) is 9.99. The SMILES string of the molecule is COc1ccc(NC(=S)Nc2ccc(Cl)c(C)c2)cc1Cl. The van der Waals surface area contributed by atoms with Crippen molar-refractivity contribution in [1.82, 2.24) is 0 Å². The minimum absolute atomic E-state index is 0.470. The highest BCUT2D eigenvalue weighted by Gasteiger charge is 2.04. The van der Waals surface area contributed by atoms with E-state index in [9.17, 15) is 0 Å². The van der Waals surface area contributed by atoms with Gasteiger partial charge in [0.15, 0.2) is 5.11 Å². The first kappa shape index (κ1) is 15.9. The summed E-state index contributed by atoms with van der Waals surface area (Å²) in [6, 6.07) is 11.0. The number of ether oxygens (including phenoxy) is 1. The van der Waals surface area contributed by atoms with Crippen LogP contribution in [0, 0.1) is 6.92 Å². The molecule has 0 saturated heterocycles. The van der Waals surface area contributed by atoms with Gasteiger partial charge in [0, 0.05) is 16.4 Å². The van der Waals surface area contributed by atoms with E-state index >= 15 is 0 Å². The third kappa shape index (κ3) is 4.24. The van der Waals surface area contributed by atoms with Crippen molar-refractivity contribution in [3.63, 3.8) is 0 Å². The van der Waals surface area contributed by atoms with Crippen LogP contribution in [0.4, 0.5) is 11.4 Å². The summed E-state index contributed by atoms with van der Waals surface area (Å²) in [6.07, 6.45) is 0. The minimum Gasteiger partial charge on any atom is -0.495 e. The van der Waals surface area contributed by atoms with E-state index in [2.05, 4.69) is 10.6 Å². The molecule has 0 saturated carbocycles. The van der Waals surface area contributed by atoms with E-state index < -0.39 is 0 Å². The molecule has 0 aromatic heterocycles. The Morgan fingerprint density at radius 2 is 1.62 bits per heavy atom. The summed E-state index contributed by atoms with van der Waals surface area (Å²) in [5.41, 5.74) is 2.63. The maximum Gasteiger partial charge on any atom is 0.175 e. The first-order valence-corrected chi connectivity index (χ1v) is 7.33. The molecule has 2 aromatic carbocycles. The van der Waals surface area contributed by atoms with Crippen LogP contribution in [0.1, 0.15) is 5.56 Å². The average Bonchev–Trinajstić information content (AvgIpc) is 2.43. The third-order valence-corrected chi connectivity index (χ3v) is 3.75. The Morgan fingerprint density at radius 1 is 1.00 bits per heavy atom. The molecule has 21 heavy (non-hydrogen) atoms. The van der Waals surface area contributed by atoms with E-state index in [1.807, 2.05) is 31.2 Å². The summed E-state index contributed by atoms with van der Waals surface area (Å²) in [5.74, 6) is 0.620. The van der Waals surface area contributed by atoms with Crippen molar-refractivity contribution in [2.45, 2.75) is 6.92 Å². The fourth-order valence-electron chi connectivity index (χ4n) is 1.76. The van der Waals surface area contributed by atoms with Crippen molar-refractivity contribution < 1.29 is 4.74 Å². The molecule has 0 aliphatic carbocycles. The van der Waals surface area contributed by atoms with Gasteiger partial charge in [0.25, 0.3) is 0 Å². The van der Waals surface area contributed by atoms with Gasteiger partial charge in [-0.1, -0.05) is 23.2 Å². The number of hydrogen-bond donors (Lipinski definition) is 2. The summed E-state index contributed by atoms with van der Waals surface area (Å²) in [6.45, 7) is 1.94. The second-order valence-electron chi connectivity index (χ2n) is 4.39. The molecular formula is C15H14Cl2N2OS. The van der Waals surface area contributed by atoms with Crippen LogP contribution in [0.25, 0.3) is 0 Å². The number of anilines is 2. The highest BCUT2D eigenvalue weighted by atomic mass is 35.5. The van der Waals surface area contributed by atoms with Crippen molar-refractivity contribution in [3.05, 3.63) is 52.0 Å². The molecule has 0 fully saturated rings. The third-order valence-electron chi connectivity index (χ3n) is 2.83. The molecule has 0 bridgehead atoms. The van der Waals surface area contributed by atoms with Gasteiger partial charge in [-0.15, -0.1) is 0 Å². The van der Waals surface area contributed by atoms with Gasteiger partial charge in [-0.2, -0.15) is 0 Å². The maximum absolute atomic E-state index is 6.07. The summed E-state index contributed by atoms with van der Waals surface area (Å²) < 4.78 is 5.10. The highest BCUT2D eigenvalue weighted by molar-refractivity contribution is 7.80. The molecule has 0 spiro atoms. The Kier molecular flexibility index (Phi) is 5.28. The molecule has 110 valence electrons. The van der Waals surface area contributed by atoms with Gasteiger partial charge in [0.1, 0.15) is 5.75 Å². The number of aryl methyl sites for hydroxylation is 1. The van der Waals surface area contributed by atoms with Gasteiger partial charge in [-0.25, -0.2) is 0 Å². The van der Waals surface area contributed by atoms with Crippen molar-refractivity contribution in [2.75, 3.05) is 17.7 Å². The largest absolute Gasteiger partial charge is 0.495 e. The quantitative estimate of drug-likeness (QED) is 0.759. The summed E-state index contributed by atoms with van der Waals surface area (Å²) >= 11 is 17.3. The number of thiocarbonyl (C=S) groups is 1. The van der Waals surface area contributed by atoms with Crippen LogP contribution < -0.4 is 15.4 Å². The molecule has 6 heteroatoms. The molecule has 0 aliphatic heterocycles. The number of hydrogen-bond acceptors (Lipinski definition) is 2. The van der Waals surface area contributed by atoms with Crippen LogP contribution in [0.5, 0.6) is 5.75 Å². The molecule has 2 rings (SSSR count). The Labute approximate surface area is 139 Å². The molecule has 0 aliphatic rings. The van der Waals surface area contributed by atoms with Crippen molar-refractivity contribution in [3.8, 4) is 5.75 Å². The van der Waals surface area contributed by atoms with Crippen LogP contribution >= 0.6 is 35.4 Å². The van der Waals surface area contributed by atoms with E-state index in [4.69, 9.17) is 40.2 Å². The lowest BCUT2D eigenvalue weighted by molar-refractivity contribution is 0.415. The topological polar surface area (TPSA) is 33.3 Å². The van der Waals surface area contributed by atoms with Gasteiger partial charge in [0.05, 0.1) is 12.1 Å². The fraction of sp³-hybridized carbons (Fsp3) is 0.133. The number of benzene rings is 2. The summed E-state index contributed by atoms with van der Waals surface area (Å²) in [4.78, 5) is 0. The van der Waals surface area contributed by atoms with Gasteiger partial charge in [-0.3, -0.25) is 0 Å². The average molecular weight is 341 g/mol. The predicted molar refractivity (Wildman–Crippen MR) is 94.0 cm³/mol. The van der Waals surface area contributed by atoms with Crippen LogP contribution in [0.3, 0.4) is 0 Å². The second-order valence-corrected chi connectivity index (χ2v) is 5.62. The van der Waals surface area contributed by atoms with E-state index in [1.165, 1.54) is 0 Å². The lowest BCUT2D eigenvalue weighted by atomic mass is 10.2. The molecule has 0 radical (unpaired) electrons. The molecule has 3 nitrogen and oxygen atoms in total. The smallest absolute Gasteiger partial charge is 0.175 e. The Morgan fingerprint density at radius 3 is 2.19 bits per heavy atom. The monoisotopic (exact) mass is 340 g/mol. The molecule has 2 aromatic rings. The molecule has 2 N–H and O–H groups in total. The van der Waals surface area contributed by atoms with E-state index in [0.717, 1.165) is 22.0 Å². The molecule has 0 amide bonds. The number of methoxy groups -OCH3 is 1. The highest BCUT2D eigenvalue weighted by Crippen LogP contribution is 2.27. The number of nitrogens with one attached hydrogen (secondary N) is 2. The molecule has 0 unspecified atom stereocenters. The number of halogens is 2. The van der Waals surface area contributed by atoms with Gasteiger partial charge in [0.2, 0.25) is 0 Å². The van der Waals surface area contributed by atoms with E-state index in [-0.39, 0.29) is 0 Å². The predicted octanol–water partition coefficient (Wildman–Crippen LogP) is 5.12. The van der Waals surface area contributed by atoms with Gasteiger partial charge in [-0.05, 0) is 61.1 Å². The molecule has 0 heterocycles. The van der Waals surface area contributed by atoms with Crippen LogP contribution in [-0.2, 0) is 0 Å². The minimum atomic E-state index is 0.470. The normalized spacial score (nSPS) is 10.1. The van der Waals surface area contributed by atoms with Crippen LogP contribution in [-0.4, -0.2) is 12.2 Å². The molecular weight excluding hydrogens is 327 g/mol. The summed E-state index contributed by atoms with van der Waals surface area (Å²) in [7, 11) is 1.57. The Bertz CT molecular complexity index is 677. The van der Waals surface area contributed by atoms with Crippen molar-refractivity contribution in [1.29, 1.82) is 0 Å². The molecule has 0 atom stereocenters. The van der Waals surface area contributed by atoms with Crippen molar-refractivity contribution >= 4 is 51.9 Å². The maximum atomic E-state index is 6.07. The summed E-state index contributed by atoms with van der Waals surface area (Å²) in [5, 5.41) is 7.87. The Hall–Kier alpha value is -1.49. The zero-order valence-corrected chi connectivity index (χ0v) is 13.9.